The van der Waals surface area contributed by atoms with Gasteiger partial charge in [0.1, 0.15) is 6.61 Å². The molecule has 0 aromatic carbocycles. The second-order valence-corrected chi connectivity index (χ2v) is 5.96. The molecular weight excluding hydrogens is 282 g/mol. The van der Waals surface area contributed by atoms with Crippen LogP contribution in [0.2, 0.25) is 0 Å². The number of alkyl halides is 2. The molecular formula is C14H18F2N2O3. The largest absolute Gasteiger partial charge is 0.364 e. The third kappa shape index (κ3) is 2.54. The van der Waals surface area contributed by atoms with E-state index in [-0.39, 0.29) is 43.4 Å². The Kier molecular flexibility index (Phi) is 3.47. The minimum absolute atomic E-state index is 0.00145. The Bertz CT molecular complexity index is 475. The van der Waals surface area contributed by atoms with Gasteiger partial charge in [0.25, 0.3) is 0 Å². The van der Waals surface area contributed by atoms with Crippen LogP contribution in [0.5, 0.6) is 0 Å². The van der Waals surface area contributed by atoms with Gasteiger partial charge in [-0.25, -0.2) is 8.78 Å². The number of ether oxygens (including phenoxy) is 1. The van der Waals surface area contributed by atoms with E-state index >= 15 is 0 Å². The summed E-state index contributed by atoms with van der Waals surface area (Å²) in [5.74, 6) is -3.66. The number of hydrogen-bond acceptors (Lipinski definition) is 3. The van der Waals surface area contributed by atoms with Gasteiger partial charge in [-0.15, -0.1) is 6.58 Å². The predicted molar refractivity (Wildman–Crippen MR) is 69.7 cm³/mol. The Morgan fingerprint density at radius 3 is 2.76 bits per heavy atom. The standard InChI is InChI=1S/C14H18F2N2O3/c1-2-3-18-10-6-17(7-11(10)21-8-12(18)19)13(20)9-4-14(15,16)5-9/h2,9-11H,1,3-8H2/t10-,11-/m1/s1. The van der Waals surface area contributed by atoms with Gasteiger partial charge in [0.2, 0.25) is 17.7 Å². The number of carbonyl (C=O) groups is 2. The highest BCUT2D eigenvalue weighted by molar-refractivity contribution is 5.82. The molecule has 0 aromatic rings. The fourth-order valence-electron chi connectivity index (χ4n) is 3.32. The van der Waals surface area contributed by atoms with Crippen LogP contribution < -0.4 is 0 Å². The Morgan fingerprint density at radius 2 is 2.14 bits per heavy atom. The molecule has 3 fully saturated rings. The van der Waals surface area contributed by atoms with Gasteiger partial charge in [-0.1, -0.05) is 6.08 Å². The molecule has 0 aromatic heterocycles. The van der Waals surface area contributed by atoms with Crippen molar-refractivity contribution in [3.05, 3.63) is 12.7 Å². The second kappa shape index (κ2) is 5.05. The van der Waals surface area contributed by atoms with Gasteiger partial charge in [0, 0.05) is 38.4 Å². The van der Waals surface area contributed by atoms with Crippen LogP contribution in [0.3, 0.4) is 0 Å². The summed E-state index contributed by atoms with van der Waals surface area (Å²) in [6.07, 6.45) is 0.672. The van der Waals surface area contributed by atoms with Crippen molar-refractivity contribution in [1.82, 2.24) is 9.80 Å². The van der Waals surface area contributed by atoms with E-state index in [1.54, 1.807) is 15.9 Å². The first-order valence-electron chi connectivity index (χ1n) is 7.10. The lowest BCUT2D eigenvalue weighted by molar-refractivity contribution is -0.159. The monoisotopic (exact) mass is 300 g/mol. The van der Waals surface area contributed by atoms with E-state index in [0.29, 0.717) is 19.6 Å². The molecule has 116 valence electrons. The lowest BCUT2D eigenvalue weighted by Gasteiger charge is -2.36. The Labute approximate surface area is 121 Å². The van der Waals surface area contributed by atoms with Gasteiger partial charge >= 0.3 is 0 Å². The van der Waals surface area contributed by atoms with Crippen LogP contribution in [-0.4, -0.2) is 65.9 Å². The summed E-state index contributed by atoms with van der Waals surface area (Å²) in [6, 6.07) is -0.200. The van der Waals surface area contributed by atoms with Crippen LogP contribution in [0.15, 0.2) is 12.7 Å². The van der Waals surface area contributed by atoms with Gasteiger partial charge < -0.3 is 14.5 Å². The van der Waals surface area contributed by atoms with Crippen molar-refractivity contribution in [3.8, 4) is 0 Å². The van der Waals surface area contributed by atoms with Crippen LogP contribution in [0.25, 0.3) is 0 Å². The highest BCUT2D eigenvalue weighted by Crippen LogP contribution is 2.43. The van der Waals surface area contributed by atoms with Crippen molar-refractivity contribution in [2.45, 2.75) is 30.9 Å². The summed E-state index contributed by atoms with van der Waals surface area (Å²) < 4.78 is 31.2. The summed E-state index contributed by atoms with van der Waals surface area (Å²) in [5, 5.41) is 0. The molecule has 5 nitrogen and oxygen atoms in total. The number of rotatable bonds is 3. The number of hydrogen-bond donors (Lipinski definition) is 0. The molecule has 2 atom stereocenters. The zero-order valence-corrected chi connectivity index (χ0v) is 11.6. The van der Waals surface area contributed by atoms with Crippen molar-refractivity contribution >= 4 is 11.8 Å². The summed E-state index contributed by atoms with van der Waals surface area (Å²) >= 11 is 0. The van der Waals surface area contributed by atoms with Gasteiger partial charge in [-0.05, 0) is 0 Å². The Morgan fingerprint density at radius 1 is 1.43 bits per heavy atom. The quantitative estimate of drug-likeness (QED) is 0.719. The molecule has 0 spiro atoms. The van der Waals surface area contributed by atoms with Gasteiger partial charge in [0.15, 0.2) is 0 Å². The van der Waals surface area contributed by atoms with Crippen LogP contribution in [0, 0.1) is 5.92 Å². The molecule has 2 amide bonds. The molecule has 0 bridgehead atoms. The van der Waals surface area contributed by atoms with E-state index in [4.69, 9.17) is 4.74 Å². The zero-order chi connectivity index (χ0) is 15.2. The third-order valence-electron chi connectivity index (χ3n) is 4.46. The van der Waals surface area contributed by atoms with Crippen molar-refractivity contribution in [2.24, 2.45) is 5.92 Å². The van der Waals surface area contributed by atoms with Crippen molar-refractivity contribution in [1.29, 1.82) is 0 Å². The molecule has 1 saturated carbocycles. The first kappa shape index (κ1) is 14.4. The first-order chi connectivity index (χ1) is 9.91. The molecule has 3 rings (SSSR count). The zero-order valence-electron chi connectivity index (χ0n) is 11.6. The Hall–Kier alpha value is -1.50. The normalized spacial score (nSPS) is 31.8. The molecule has 3 aliphatic rings. The summed E-state index contributed by atoms with van der Waals surface area (Å²) in [6.45, 7) is 4.75. The van der Waals surface area contributed by atoms with E-state index in [1.807, 2.05) is 0 Å². The fourth-order valence-corrected chi connectivity index (χ4v) is 3.32. The van der Waals surface area contributed by atoms with Crippen LogP contribution in [0.1, 0.15) is 12.8 Å². The van der Waals surface area contributed by atoms with Crippen molar-refractivity contribution in [2.75, 3.05) is 26.2 Å². The molecule has 1 aliphatic carbocycles. The summed E-state index contributed by atoms with van der Waals surface area (Å²) in [7, 11) is 0. The Balaban J connectivity index is 1.65. The van der Waals surface area contributed by atoms with E-state index < -0.39 is 11.8 Å². The highest BCUT2D eigenvalue weighted by atomic mass is 19.3. The predicted octanol–water partition coefficient (Wildman–Crippen LogP) is 0.656. The summed E-state index contributed by atoms with van der Waals surface area (Å²) in [4.78, 5) is 27.3. The van der Waals surface area contributed by atoms with Crippen LogP contribution >= 0.6 is 0 Å². The number of nitrogens with zero attached hydrogens (tertiary/aromatic N) is 2. The van der Waals surface area contributed by atoms with Crippen LogP contribution in [0.4, 0.5) is 8.78 Å². The molecule has 2 saturated heterocycles. The second-order valence-electron chi connectivity index (χ2n) is 5.96. The van der Waals surface area contributed by atoms with Crippen molar-refractivity contribution < 1.29 is 23.1 Å². The fraction of sp³-hybridized carbons (Fsp3) is 0.714. The molecule has 2 heterocycles. The molecule has 21 heavy (non-hydrogen) atoms. The lowest BCUT2D eigenvalue weighted by atomic mass is 9.80. The molecule has 0 unspecified atom stereocenters. The van der Waals surface area contributed by atoms with E-state index in [2.05, 4.69) is 6.58 Å². The molecule has 0 radical (unpaired) electrons. The highest BCUT2D eigenvalue weighted by Gasteiger charge is 2.52. The van der Waals surface area contributed by atoms with E-state index in [1.165, 1.54) is 0 Å². The maximum Gasteiger partial charge on any atom is 0.249 e. The lowest BCUT2D eigenvalue weighted by Crippen LogP contribution is -2.54. The van der Waals surface area contributed by atoms with Gasteiger partial charge in [-0.3, -0.25) is 9.59 Å². The van der Waals surface area contributed by atoms with Crippen molar-refractivity contribution in [3.63, 3.8) is 0 Å². The van der Waals surface area contributed by atoms with E-state index in [9.17, 15) is 18.4 Å². The SMILES string of the molecule is C=CCN1C(=O)CO[C@@H]2CN(C(=O)C3CC(F)(F)C3)C[C@H]21. The maximum absolute atomic E-state index is 12.9. The van der Waals surface area contributed by atoms with Crippen LogP contribution in [-0.2, 0) is 14.3 Å². The molecule has 0 N–H and O–H groups in total. The topological polar surface area (TPSA) is 49.9 Å². The number of likely N-dealkylation sites (tertiary alicyclic amines) is 1. The van der Waals surface area contributed by atoms with E-state index in [0.717, 1.165) is 0 Å². The minimum Gasteiger partial charge on any atom is -0.364 e. The maximum atomic E-state index is 12.9. The average Bonchev–Trinajstić information content (AvgIpc) is 2.83. The number of fused-ring (bicyclic) bond motifs is 1. The van der Waals surface area contributed by atoms with Gasteiger partial charge in [0.05, 0.1) is 12.1 Å². The number of amides is 2. The number of morpholine rings is 1. The number of carbonyl (C=O) groups excluding carboxylic acids is 2. The first-order valence-corrected chi connectivity index (χ1v) is 7.10. The van der Waals surface area contributed by atoms with Gasteiger partial charge in [-0.2, -0.15) is 0 Å². The third-order valence-corrected chi connectivity index (χ3v) is 4.46. The average molecular weight is 300 g/mol. The molecule has 7 heteroatoms. The minimum atomic E-state index is -2.70. The smallest absolute Gasteiger partial charge is 0.249 e. The summed E-state index contributed by atoms with van der Waals surface area (Å²) in [5.41, 5.74) is 0. The number of halogens is 2. The molecule has 2 aliphatic heterocycles.